The Morgan fingerprint density at radius 1 is 1.32 bits per heavy atom. The summed E-state index contributed by atoms with van der Waals surface area (Å²) < 4.78 is 5.77. The molecular formula is C16H32N2O. The van der Waals surface area contributed by atoms with Crippen LogP contribution in [0.1, 0.15) is 47.0 Å². The van der Waals surface area contributed by atoms with E-state index < -0.39 is 0 Å². The summed E-state index contributed by atoms with van der Waals surface area (Å²) in [6.45, 7) is 13.7. The standard InChI is InChI=1S/C16H32N2O/c1-5-14-11-18(8-9-19-14)10-13-6-7-15(17)12(2)16(13,3)4/h12-15H,5-11,17H2,1-4H3. The highest BCUT2D eigenvalue weighted by molar-refractivity contribution is 4.94. The Bertz CT molecular complexity index is 292. The van der Waals surface area contributed by atoms with E-state index in [2.05, 4.69) is 32.6 Å². The van der Waals surface area contributed by atoms with E-state index in [0.717, 1.165) is 32.0 Å². The van der Waals surface area contributed by atoms with Crippen LogP contribution in [0.15, 0.2) is 0 Å². The van der Waals surface area contributed by atoms with E-state index in [1.807, 2.05) is 0 Å². The van der Waals surface area contributed by atoms with Gasteiger partial charge >= 0.3 is 0 Å². The predicted molar refractivity (Wildman–Crippen MR) is 80.1 cm³/mol. The molecule has 2 aliphatic rings. The van der Waals surface area contributed by atoms with Crippen molar-refractivity contribution < 1.29 is 4.74 Å². The molecule has 1 heterocycles. The van der Waals surface area contributed by atoms with Gasteiger partial charge in [0.05, 0.1) is 12.7 Å². The first kappa shape index (κ1) is 15.3. The van der Waals surface area contributed by atoms with Gasteiger partial charge < -0.3 is 10.5 Å². The number of hydrogen-bond acceptors (Lipinski definition) is 3. The van der Waals surface area contributed by atoms with Crippen molar-refractivity contribution in [1.29, 1.82) is 0 Å². The molecular weight excluding hydrogens is 236 g/mol. The van der Waals surface area contributed by atoms with E-state index in [1.165, 1.54) is 19.4 Å². The predicted octanol–water partition coefficient (Wildman–Crippen LogP) is 2.50. The van der Waals surface area contributed by atoms with Crippen molar-refractivity contribution in [3.8, 4) is 0 Å². The third-order valence-corrected chi connectivity index (χ3v) is 5.87. The third-order valence-electron chi connectivity index (χ3n) is 5.87. The minimum atomic E-state index is 0.359. The number of ether oxygens (including phenoxy) is 1. The molecule has 0 radical (unpaired) electrons. The Morgan fingerprint density at radius 3 is 2.74 bits per heavy atom. The van der Waals surface area contributed by atoms with Gasteiger partial charge in [0.1, 0.15) is 0 Å². The molecule has 1 saturated carbocycles. The van der Waals surface area contributed by atoms with Crippen molar-refractivity contribution in [3.63, 3.8) is 0 Å². The van der Waals surface area contributed by atoms with Crippen molar-refractivity contribution in [2.24, 2.45) is 23.0 Å². The number of rotatable bonds is 3. The van der Waals surface area contributed by atoms with Crippen molar-refractivity contribution in [1.82, 2.24) is 4.90 Å². The quantitative estimate of drug-likeness (QED) is 0.854. The highest BCUT2D eigenvalue weighted by atomic mass is 16.5. The van der Waals surface area contributed by atoms with Gasteiger partial charge in [0.25, 0.3) is 0 Å². The fraction of sp³-hybridized carbons (Fsp3) is 1.00. The molecule has 0 amide bonds. The third kappa shape index (κ3) is 3.32. The van der Waals surface area contributed by atoms with Gasteiger partial charge in [-0.15, -0.1) is 0 Å². The maximum Gasteiger partial charge on any atom is 0.0700 e. The monoisotopic (exact) mass is 268 g/mol. The van der Waals surface area contributed by atoms with E-state index in [-0.39, 0.29) is 0 Å². The summed E-state index contributed by atoms with van der Waals surface area (Å²) in [6, 6.07) is 0.388. The Kier molecular flexibility index (Phi) is 4.91. The van der Waals surface area contributed by atoms with Crippen LogP contribution in [0.5, 0.6) is 0 Å². The van der Waals surface area contributed by atoms with Crippen LogP contribution in [-0.4, -0.2) is 43.3 Å². The molecule has 4 atom stereocenters. The van der Waals surface area contributed by atoms with Crippen molar-refractivity contribution >= 4 is 0 Å². The minimum Gasteiger partial charge on any atom is -0.376 e. The first-order valence-electron chi connectivity index (χ1n) is 8.04. The average molecular weight is 268 g/mol. The molecule has 2 rings (SSSR count). The Hall–Kier alpha value is -0.120. The summed E-state index contributed by atoms with van der Waals surface area (Å²) in [4.78, 5) is 2.62. The molecule has 1 aliphatic heterocycles. The lowest BCUT2D eigenvalue weighted by atomic mass is 9.61. The first-order valence-corrected chi connectivity index (χ1v) is 8.04. The summed E-state index contributed by atoms with van der Waals surface area (Å²) in [5.41, 5.74) is 6.62. The number of nitrogens with two attached hydrogens (primary N) is 1. The summed E-state index contributed by atoms with van der Waals surface area (Å²) in [6.07, 6.45) is 4.05. The van der Waals surface area contributed by atoms with Gasteiger partial charge in [-0.1, -0.05) is 27.7 Å². The van der Waals surface area contributed by atoms with Crippen molar-refractivity contribution in [3.05, 3.63) is 0 Å². The second-order valence-electron chi connectivity index (χ2n) is 7.21. The molecule has 0 aromatic heterocycles. The molecule has 2 N–H and O–H groups in total. The zero-order chi connectivity index (χ0) is 14.0. The van der Waals surface area contributed by atoms with Crippen LogP contribution in [0.2, 0.25) is 0 Å². The van der Waals surface area contributed by atoms with Gasteiger partial charge in [0.15, 0.2) is 0 Å². The molecule has 0 aromatic carbocycles. The van der Waals surface area contributed by atoms with Gasteiger partial charge in [-0.2, -0.15) is 0 Å². The molecule has 2 fully saturated rings. The smallest absolute Gasteiger partial charge is 0.0700 e. The second kappa shape index (κ2) is 6.11. The molecule has 0 spiro atoms. The summed E-state index contributed by atoms with van der Waals surface area (Å²) in [5, 5.41) is 0. The van der Waals surface area contributed by atoms with E-state index >= 15 is 0 Å². The molecule has 1 saturated heterocycles. The van der Waals surface area contributed by atoms with Gasteiger partial charge in [-0.05, 0) is 36.5 Å². The fourth-order valence-corrected chi connectivity index (χ4v) is 3.77. The fourth-order valence-electron chi connectivity index (χ4n) is 3.77. The average Bonchev–Trinajstić information content (AvgIpc) is 2.40. The van der Waals surface area contributed by atoms with Crippen molar-refractivity contribution in [2.75, 3.05) is 26.2 Å². The van der Waals surface area contributed by atoms with Crippen LogP contribution in [-0.2, 0) is 4.74 Å². The van der Waals surface area contributed by atoms with Crippen molar-refractivity contribution in [2.45, 2.75) is 59.1 Å². The highest BCUT2D eigenvalue weighted by Gasteiger charge is 2.42. The van der Waals surface area contributed by atoms with Crippen LogP contribution in [0.25, 0.3) is 0 Å². The molecule has 4 unspecified atom stereocenters. The van der Waals surface area contributed by atoms with E-state index in [4.69, 9.17) is 10.5 Å². The maximum atomic E-state index is 6.26. The summed E-state index contributed by atoms with van der Waals surface area (Å²) in [7, 11) is 0. The van der Waals surface area contributed by atoms with E-state index in [9.17, 15) is 0 Å². The zero-order valence-electron chi connectivity index (χ0n) is 13.2. The zero-order valence-corrected chi connectivity index (χ0v) is 13.2. The lowest BCUT2D eigenvalue weighted by Gasteiger charge is -2.49. The van der Waals surface area contributed by atoms with Crippen LogP contribution in [0, 0.1) is 17.3 Å². The Morgan fingerprint density at radius 2 is 2.05 bits per heavy atom. The Balaban J connectivity index is 1.94. The molecule has 0 bridgehead atoms. The van der Waals surface area contributed by atoms with Crippen LogP contribution in [0.3, 0.4) is 0 Å². The topological polar surface area (TPSA) is 38.5 Å². The molecule has 112 valence electrons. The van der Waals surface area contributed by atoms with Gasteiger partial charge in [-0.3, -0.25) is 4.90 Å². The number of nitrogens with zero attached hydrogens (tertiary/aromatic N) is 1. The minimum absolute atomic E-state index is 0.359. The lowest BCUT2D eigenvalue weighted by Crippen LogP contribution is -2.52. The molecule has 0 aromatic rings. The van der Waals surface area contributed by atoms with E-state index in [0.29, 0.717) is 23.5 Å². The largest absolute Gasteiger partial charge is 0.376 e. The number of morpholine rings is 1. The van der Waals surface area contributed by atoms with E-state index in [1.54, 1.807) is 0 Å². The Labute approximate surface area is 118 Å². The lowest BCUT2D eigenvalue weighted by molar-refractivity contribution is -0.0509. The highest BCUT2D eigenvalue weighted by Crippen LogP contribution is 2.44. The molecule has 1 aliphatic carbocycles. The molecule has 3 heteroatoms. The van der Waals surface area contributed by atoms with Gasteiger partial charge in [0.2, 0.25) is 0 Å². The normalized spacial score (nSPS) is 40.3. The summed E-state index contributed by atoms with van der Waals surface area (Å²) in [5.74, 6) is 1.40. The van der Waals surface area contributed by atoms with Crippen LogP contribution < -0.4 is 5.73 Å². The summed E-state index contributed by atoms with van der Waals surface area (Å²) >= 11 is 0. The SMILES string of the molecule is CCC1CN(CC2CCC(N)C(C)C2(C)C)CCO1. The van der Waals surface area contributed by atoms with Gasteiger partial charge in [-0.25, -0.2) is 0 Å². The van der Waals surface area contributed by atoms with Crippen LogP contribution in [0.4, 0.5) is 0 Å². The maximum absolute atomic E-state index is 6.26. The second-order valence-corrected chi connectivity index (χ2v) is 7.21. The van der Waals surface area contributed by atoms with Crippen LogP contribution >= 0.6 is 0 Å². The molecule has 19 heavy (non-hydrogen) atoms. The first-order chi connectivity index (χ1) is 8.95. The molecule has 3 nitrogen and oxygen atoms in total. The number of hydrogen-bond donors (Lipinski definition) is 1. The van der Waals surface area contributed by atoms with Gasteiger partial charge in [0, 0.05) is 25.7 Å².